The molecule has 0 fully saturated rings. The van der Waals surface area contributed by atoms with Crippen molar-refractivity contribution in [1.29, 1.82) is 0 Å². The number of hydrogen-bond acceptors (Lipinski definition) is 6. The monoisotopic (exact) mass is 353 g/mol. The highest BCUT2D eigenvalue weighted by Gasteiger charge is 2.08. The number of aromatic hydroxyl groups is 1. The highest BCUT2D eigenvalue weighted by molar-refractivity contribution is 5.91. The maximum atomic E-state index is 11.9. The molecule has 6 heteroatoms. The topological polar surface area (TPSA) is 85.2 Å². The van der Waals surface area contributed by atoms with Gasteiger partial charge in [0, 0.05) is 11.8 Å². The summed E-state index contributed by atoms with van der Waals surface area (Å²) >= 11 is 0. The molecule has 0 aromatic heterocycles. The summed E-state index contributed by atoms with van der Waals surface area (Å²) < 4.78 is 9.88. The average Bonchev–Trinajstić information content (AvgIpc) is 2.64. The number of benzene rings is 2. The molecule has 1 N–H and O–H groups in total. The van der Waals surface area contributed by atoms with Crippen LogP contribution in [0, 0.1) is 0 Å². The third-order valence-corrected chi connectivity index (χ3v) is 3.26. The molecule has 0 amide bonds. The van der Waals surface area contributed by atoms with Crippen molar-refractivity contribution < 1.29 is 24.2 Å². The summed E-state index contributed by atoms with van der Waals surface area (Å²) in [6, 6.07) is 13.2. The summed E-state index contributed by atoms with van der Waals surface area (Å²) in [5, 5.41) is 9.23. The molecule has 2 aromatic carbocycles. The van der Waals surface area contributed by atoms with Crippen LogP contribution in [0.1, 0.15) is 22.8 Å². The molecule has 0 heterocycles. The van der Waals surface area contributed by atoms with E-state index >= 15 is 0 Å². The van der Waals surface area contributed by atoms with Gasteiger partial charge in [-0.2, -0.15) is 0 Å². The number of carbonyl (C=O) groups excluding carboxylic acids is 2. The van der Waals surface area contributed by atoms with Crippen molar-refractivity contribution in [1.82, 2.24) is 0 Å². The van der Waals surface area contributed by atoms with E-state index in [2.05, 4.69) is 11.6 Å². The van der Waals surface area contributed by atoms with Gasteiger partial charge < -0.3 is 14.6 Å². The van der Waals surface area contributed by atoms with E-state index in [1.807, 2.05) is 0 Å². The van der Waals surface area contributed by atoms with Crippen molar-refractivity contribution in [3.8, 4) is 5.75 Å². The number of ether oxygens (including phenoxy) is 2. The lowest BCUT2D eigenvalue weighted by Crippen LogP contribution is -2.14. The van der Waals surface area contributed by atoms with Crippen LogP contribution in [0.2, 0.25) is 0 Å². The minimum atomic E-state index is -0.515. The molecule has 0 atom stereocenters. The van der Waals surface area contributed by atoms with E-state index in [9.17, 15) is 14.7 Å². The van der Waals surface area contributed by atoms with Gasteiger partial charge in [0.2, 0.25) is 0 Å². The first-order chi connectivity index (χ1) is 12.5. The fraction of sp³-hybridized carbons (Fsp3) is 0.150. The molecule has 2 rings (SSSR count). The number of aliphatic imine (C=N–C) groups is 1. The van der Waals surface area contributed by atoms with E-state index in [4.69, 9.17) is 9.47 Å². The molecule has 6 nitrogen and oxygen atoms in total. The van der Waals surface area contributed by atoms with Gasteiger partial charge >= 0.3 is 11.9 Å². The van der Waals surface area contributed by atoms with E-state index in [-0.39, 0.29) is 19.0 Å². The smallest absolute Gasteiger partial charge is 0.338 e. The number of carbonyl (C=O) groups is 2. The van der Waals surface area contributed by atoms with Crippen LogP contribution in [-0.2, 0) is 14.3 Å². The Labute approximate surface area is 151 Å². The van der Waals surface area contributed by atoms with Gasteiger partial charge in [-0.15, -0.1) is 0 Å². The van der Waals surface area contributed by atoms with Crippen LogP contribution in [0.4, 0.5) is 5.69 Å². The predicted octanol–water partition coefficient (Wildman–Crippen LogP) is 3.42. The van der Waals surface area contributed by atoms with Gasteiger partial charge in [-0.3, -0.25) is 4.99 Å². The van der Waals surface area contributed by atoms with E-state index in [0.29, 0.717) is 16.8 Å². The minimum Gasteiger partial charge on any atom is -0.508 e. The third-order valence-electron chi connectivity index (χ3n) is 3.26. The Morgan fingerprint density at radius 2 is 1.65 bits per heavy atom. The normalized spacial score (nSPS) is 10.5. The molecular formula is C20H19NO5. The lowest BCUT2D eigenvalue weighted by atomic mass is 10.1. The molecule has 2 aromatic rings. The van der Waals surface area contributed by atoms with E-state index in [1.54, 1.807) is 61.7 Å². The molecule has 26 heavy (non-hydrogen) atoms. The molecule has 0 unspecified atom stereocenters. The van der Waals surface area contributed by atoms with Crippen LogP contribution in [0.3, 0.4) is 0 Å². The first kappa shape index (κ1) is 18.9. The van der Waals surface area contributed by atoms with E-state index in [0.717, 1.165) is 5.56 Å². The summed E-state index contributed by atoms with van der Waals surface area (Å²) in [4.78, 5) is 27.4. The number of phenols is 1. The Bertz CT molecular complexity index is 807. The van der Waals surface area contributed by atoms with Gasteiger partial charge in [-0.1, -0.05) is 18.7 Å². The molecule has 134 valence electrons. The number of esters is 2. The first-order valence-corrected chi connectivity index (χ1v) is 7.88. The fourth-order valence-corrected chi connectivity index (χ4v) is 1.87. The van der Waals surface area contributed by atoms with Gasteiger partial charge in [0.1, 0.15) is 19.0 Å². The summed E-state index contributed by atoms with van der Waals surface area (Å²) in [6.45, 7) is 4.96. The van der Waals surface area contributed by atoms with Gasteiger partial charge in [0.05, 0.1) is 11.3 Å². The van der Waals surface area contributed by atoms with E-state index in [1.165, 1.54) is 0 Å². The van der Waals surface area contributed by atoms with Crippen molar-refractivity contribution in [3.63, 3.8) is 0 Å². The number of rotatable bonds is 7. The zero-order valence-electron chi connectivity index (χ0n) is 14.3. The van der Waals surface area contributed by atoms with Crippen molar-refractivity contribution >= 4 is 23.8 Å². The highest BCUT2D eigenvalue weighted by Crippen LogP contribution is 2.16. The molecule has 0 bridgehead atoms. The predicted molar refractivity (Wildman–Crippen MR) is 97.9 cm³/mol. The lowest BCUT2D eigenvalue weighted by Gasteiger charge is -2.06. The highest BCUT2D eigenvalue weighted by atomic mass is 16.6. The zero-order chi connectivity index (χ0) is 18.9. The molecule has 0 aliphatic heterocycles. The third kappa shape index (κ3) is 5.90. The Hall–Kier alpha value is -3.41. The number of nitrogens with zero attached hydrogens (tertiary/aromatic N) is 1. The van der Waals surface area contributed by atoms with Gasteiger partial charge in [0.15, 0.2) is 0 Å². The second-order valence-corrected chi connectivity index (χ2v) is 5.45. The van der Waals surface area contributed by atoms with Crippen LogP contribution in [0.15, 0.2) is 65.7 Å². The maximum Gasteiger partial charge on any atom is 0.338 e. The average molecular weight is 353 g/mol. The van der Waals surface area contributed by atoms with Crippen LogP contribution < -0.4 is 0 Å². The number of hydrogen-bond donors (Lipinski definition) is 1. The summed E-state index contributed by atoms with van der Waals surface area (Å²) in [6.07, 6.45) is 1.65. The van der Waals surface area contributed by atoms with Crippen LogP contribution in [0.25, 0.3) is 0 Å². The molecule has 0 aliphatic carbocycles. The van der Waals surface area contributed by atoms with Crippen LogP contribution >= 0.6 is 0 Å². The minimum absolute atomic E-state index is 0.0190. The van der Waals surface area contributed by atoms with Crippen molar-refractivity contribution in [2.45, 2.75) is 6.92 Å². The SMILES string of the molecule is C=C(C)C(=O)OCCOC(=O)c1ccc(C=Nc2ccc(O)cc2)cc1. The lowest BCUT2D eigenvalue weighted by molar-refractivity contribution is -0.140. The first-order valence-electron chi connectivity index (χ1n) is 7.88. The zero-order valence-corrected chi connectivity index (χ0v) is 14.3. The Morgan fingerprint density at radius 1 is 1.04 bits per heavy atom. The summed E-state index contributed by atoms with van der Waals surface area (Å²) in [5.41, 5.74) is 2.19. The Balaban J connectivity index is 1.84. The molecular weight excluding hydrogens is 334 g/mol. The molecule has 0 aliphatic rings. The standard InChI is InChI=1S/C20H19NO5/c1-14(2)19(23)25-11-12-26-20(24)16-5-3-15(4-6-16)13-21-17-7-9-18(22)10-8-17/h3-10,13,22H,1,11-12H2,2H3. The van der Waals surface area contributed by atoms with Gasteiger partial charge in [-0.25, -0.2) is 9.59 Å². The second-order valence-electron chi connectivity index (χ2n) is 5.45. The Morgan fingerprint density at radius 3 is 2.27 bits per heavy atom. The molecule has 0 saturated carbocycles. The van der Waals surface area contributed by atoms with Gasteiger partial charge in [0.25, 0.3) is 0 Å². The quantitative estimate of drug-likeness (QED) is 0.357. The van der Waals surface area contributed by atoms with Crippen molar-refractivity contribution in [2.24, 2.45) is 4.99 Å². The Kier molecular flexibility index (Phi) is 6.68. The fourth-order valence-electron chi connectivity index (χ4n) is 1.87. The molecule has 0 saturated heterocycles. The van der Waals surface area contributed by atoms with Crippen molar-refractivity contribution in [3.05, 3.63) is 71.8 Å². The van der Waals surface area contributed by atoms with E-state index < -0.39 is 11.9 Å². The van der Waals surface area contributed by atoms with Crippen LogP contribution in [-0.4, -0.2) is 36.5 Å². The molecule has 0 radical (unpaired) electrons. The van der Waals surface area contributed by atoms with Crippen molar-refractivity contribution in [2.75, 3.05) is 13.2 Å². The summed E-state index contributed by atoms with van der Waals surface area (Å²) in [7, 11) is 0. The van der Waals surface area contributed by atoms with Gasteiger partial charge in [-0.05, 0) is 48.9 Å². The number of phenolic OH excluding ortho intramolecular Hbond substituents is 1. The molecule has 0 spiro atoms. The second kappa shape index (κ2) is 9.17. The van der Waals surface area contributed by atoms with Crippen LogP contribution in [0.5, 0.6) is 5.75 Å². The summed E-state index contributed by atoms with van der Waals surface area (Å²) in [5.74, 6) is -0.835. The maximum absolute atomic E-state index is 11.9. The largest absolute Gasteiger partial charge is 0.508 e.